The average molecular weight is 416 g/mol. The molecule has 1 saturated heterocycles. The molecule has 3 aromatic rings. The highest BCUT2D eigenvalue weighted by Gasteiger charge is 2.26. The highest BCUT2D eigenvalue weighted by atomic mass is 35.5. The van der Waals surface area contributed by atoms with Crippen LogP contribution in [0.3, 0.4) is 0 Å². The van der Waals surface area contributed by atoms with Crippen molar-refractivity contribution in [1.29, 1.82) is 0 Å². The van der Waals surface area contributed by atoms with Crippen LogP contribution in [0.15, 0.2) is 54.6 Å². The highest BCUT2D eigenvalue weighted by Crippen LogP contribution is 2.23. The minimum absolute atomic E-state index is 0.0438. The molecule has 1 N–H and O–H groups in total. The SMILES string of the molecule is O=C(c1cc(-c2ccc(Cl)cc2)n[nH]1)N1CCC(Oc2ccc(Cl)cc2)CC1. The number of rotatable bonds is 4. The largest absolute Gasteiger partial charge is 0.490 e. The van der Waals surface area contributed by atoms with Gasteiger partial charge in [0.05, 0.1) is 5.69 Å². The third-order valence-corrected chi connectivity index (χ3v) is 5.30. The number of piperidine rings is 1. The predicted molar refractivity (Wildman–Crippen MR) is 110 cm³/mol. The summed E-state index contributed by atoms with van der Waals surface area (Å²) in [6.45, 7) is 1.29. The Morgan fingerprint density at radius 2 is 1.61 bits per heavy atom. The second-order valence-corrected chi connectivity index (χ2v) is 7.61. The molecule has 1 amide bonds. The number of nitrogens with zero attached hydrogens (tertiary/aromatic N) is 2. The number of amides is 1. The van der Waals surface area contributed by atoms with Crippen molar-refractivity contribution in [2.45, 2.75) is 18.9 Å². The Morgan fingerprint density at radius 1 is 1.00 bits per heavy atom. The van der Waals surface area contributed by atoms with Crippen molar-refractivity contribution < 1.29 is 9.53 Å². The lowest BCUT2D eigenvalue weighted by Gasteiger charge is -2.31. The number of carbonyl (C=O) groups excluding carboxylic acids is 1. The van der Waals surface area contributed by atoms with Crippen molar-refractivity contribution in [2.24, 2.45) is 0 Å². The van der Waals surface area contributed by atoms with E-state index in [1.807, 2.05) is 41.3 Å². The van der Waals surface area contributed by atoms with Crippen molar-refractivity contribution in [3.8, 4) is 17.0 Å². The first-order valence-corrected chi connectivity index (χ1v) is 9.87. The smallest absolute Gasteiger partial charge is 0.271 e. The molecule has 28 heavy (non-hydrogen) atoms. The predicted octanol–water partition coefficient (Wildman–Crippen LogP) is 5.07. The van der Waals surface area contributed by atoms with E-state index in [-0.39, 0.29) is 12.0 Å². The zero-order valence-electron chi connectivity index (χ0n) is 15.1. The molecule has 0 saturated carbocycles. The second-order valence-electron chi connectivity index (χ2n) is 6.74. The fraction of sp³-hybridized carbons (Fsp3) is 0.238. The Hall–Kier alpha value is -2.50. The number of halogens is 2. The van der Waals surface area contributed by atoms with Gasteiger partial charge in [-0.2, -0.15) is 5.10 Å². The first kappa shape index (κ1) is 18.8. The Morgan fingerprint density at radius 3 is 2.25 bits per heavy atom. The highest BCUT2D eigenvalue weighted by molar-refractivity contribution is 6.30. The molecule has 0 atom stereocenters. The van der Waals surface area contributed by atoms with Crippen LogP contribution in [0.5, 0.6) is 5.75 Å². The van der Waals surface area contributed by atoms with Gasteiger partial charge < -0.3 is 9.64 Å². The van der Waals surface area contributed by atoms with Crippen LogP contribution in [0, 0.1) is 0 Å². The van der Waals surface area contributed by atoms with E-state index >= 15 is 0 Å². The van der Waals surface area contributed by atoms with Crippen LogP contribution >= 0.6 is 23.2 Å². The van der Waals surface area contributed by atoms with Crippen LogP contribution in [0.2, 0.25) is 10.0 Å². The van der Waals surface area contributed by atoms with E-state index in [4.69, 9.17) is 27.9 Å². The first-order chi connectivity index (χ1) is 13.6. The summed E-state index contributed by atoms with van der Waals surface area (Å²) in [5, 5.41) is 8.46. The number of nitrogens with one attached hydrogen (secondary N) is 1. The molecule has 0 bridgehead atoms. The van der Waals surface area contributed by atoms with E-state index in [0.29, 0.717) is 28.8 Å². The number of benzene rings is 2. The molecular weight excluding hydrogens is 397 g/mol. The summed E-state index contributed by atoms with van der Waals surface area (Å²) >= 11 is 11.8. The molecule has 1 fully saturated rings. The standard InChI is InChI=1S/C21H19Cl2N3O2/c22-15-3-1-14(2-4-15)19-13-20(25-24-19)21(27)26-11-9-18(10-12-26)28-17-7-5-16(23)6-8-17/h1-8,13,18H,9-12H2,(H,24,25). The van der Waals surface area contributed by atoms with Gasteiger partial charge in [-0.15, -0.1) is 0 Å². The summed E-state index contributed by atoms with van der Waals surface area (Å²) in [5.74, 6) is 0.757. The third kappa shape index (κ3) is 4.32. The lowest BCUT2D eigenvalue weighted by molar-refractivity contribution is 0.0590. The molecule has 2 heterocycles. The number of H-pyrrole nitrogens is 1. The van der Waals surface area contributed by atoms with Crippen molar-refractivity contribution in [3.63, 3.8) is 0 Å². The fourth-order valence-corrected chi connectivity index (χ4v) is 3.50. The summed E-state index contributed by atoms with van der Waals surface area (Å²) in [4.78, 5) is 14.6. The molecule has 1 aromatic heterocycles. The molecular formula is C21H19Cl2N3O2. The zero-order chi connectivity index (χ0) is 19.5. The Labute approximate surface area is 173 Å². The molecule has 1 aliphatic heterocycles. The van der Waals surface area contributed by atoms with Crippen LogP contribution < -0.4 is 4.74 Å². The van der Waals surface area contributed by atoms with Gasteiger partial charge in [0.25, 0.3) is 5.91 Å². The lowest BCUT2D eigenvalue weighted by Crippen LogP contribution is -2.41. The fourth-order valence-electron chi connectivity index (χ4n) is 3.25. The number of likely N-dealkylation sites (tertiary alicyclic amines) is 1. The lowest BCUT2D eigenvalue weighted by atomic mass is 10.1. The molecule has 5 nitrogen and oxygen atoms in total. The molecule has 1 aliphatic rings. The normalized spacial score (nSPS) is 14.9. The minimum Gasteiger partial charge on any atom is -0.490 e. The number of aromatic nitrogens is 2. The molecule has 4 rings (SSSR count). The quantitative estimate of drug-likeness (QED) is 0.646. The maximum Gasteiger partial charge on any atom is 0.271 e. The summed E-state index contributed by atoms with van der Waals surface area (Å²) in [6.07, 6.45) is 1.66. The Balaban J connectivity index is 1.35. The van der Waals surface area contributed by atoms with Gasteiger partial charge in [-0.1, -0.05) is 35.3 Å². The molecule has 2 aromatic carbocycles. The van der Waals surface area contributed by atoms with E-state index in [1.54, 1.807) is 18.2 Å². The van der Waals surface area contributed by atoms with Gasteiger partial charge in [-0.3, -0.25) is 9.89 Å². The number of carbonyl (C=O) groups is 1. The van der Waals surface area contributed by atoms with Gasteiger partial charge in [0, 0.05) is 41.5 Å². The summed E-state index contributed by atoms with van der Waals surface area (Å²) < 4.78 is 5.99. The molecule has 7 heteroatoms. The average Bonchev–Trinajstić information content (AvgIpc) is 3.20. The van der Waals surface area contributed by atoms with Gasteiger partial charge in [0.2, 0.25) is 0 Å². The number of hydrogen-bond acceptors (Lipinski definition) is 3. The van der Waals surface area contributed by atoms with Gasteiger partial charge in [-0.25, -0.2) is 0 Å². The van der Waals surface area contributed by atoms with Crippen LogP contribution in [0.25, 0.3) is 11.3 Å². The van der Waals surface area contributed by atoms with E-state index in [1.165, 1.54) is 0 Å². The van der Waals surface area contributed by atoms with Crippen molar-refractivity contribution >= 4 is 29.1 Å². The third-order valence-electron chi connectivity index (χ3n) is 4.79. The molecule has 0 radical (unpaired) electrons. The van der Waals surface area contributed by atoms with Gasteiger partial charge in [0.15, 0.2) is 0 Å². The van der Waals surface area contributed by atoms with Crippen molar-refractivity contribution in [1.82, 2.24) is 15.1 Å². The van der Waals surface area contributed by atoms with Crippen LogP contribution in [0.4, 0.5) is 0 Å². The van der Waals surface area contributed by atoms with Gasteiger partial charge >= 0.3 is 0 Å². The van der Waals surface area contributed by atoms with Crippen LogP contribution in [-0.4, -0.2) is 40.2 Å². The maximum atomic E-state index is 12.8. The van der Waals surface area contributed by atoms with Crippen molar-refractivity contribution in [2.75, 3.05) is 13.1 Å². The molecule has 0 aliphatic carbocycles. The maximum absolute atomic E-state index is 12.8. The first-order valence-electron chi connectivity index (χ1n) is 9.11. The van der Waals surface area contributed by atoms with E-state index in [2.05, 4.69) is 10.2 Å². The topological polar surface area (TPSA) is 58.2 Å². The monoisotopic (exact) mass is 415 g/mol. The molecule has 0 spiro atoms. The molecule has 144 valence electrons. The Bertz CT molecular complexity index is 947. The van der Waals surface area contributed by atoms with Crippen LogP contribution in [-0.2, 0) is 0 Å². The van der Waals surface area contributed by atoms with Gasteiger partial charge in [0.1, 0.15) is 17.5 Å². The van der Waals surface area contributed by atoms with E-state index in [0.717, 1.165) is 29.8 Å². The number of hydrogen-bond donors (Lipinski definition) is 1. The van der Waals surface area contributed by atoms with Crippen molar-refractivity contribution in [3.05, 3.63) is 70.3 Å². The van der Waals surface area contributed by atoms with Gasteiger partial charge in [-0.05, 0) is 42.5 Å². The Kier molecular flexibility index (Phi) is 5.55. The zero-order valence-corrected chi connectivity index (χ0v) is 16.6. The second kappa shape index (κ2) is 8.25. The minimum atomic E-state index is -0.0438. The van der Waals surface area contributed by atoms with E-state index in [9.17, 15) is 4.79 Å². The van der Waals surface area contributed by atoms with E-state index < -0.39 is 0 Å². The summed E-state index contributed by atoms with van der Waals surface area (Å²) in [5.41, 5.74) is 2.12. The number of aromatic amines is 1. The number of ether oxygens (including phenoxy) is 1. The summed E-state index contributed by atoms with van der Waals surface area (Å²) in [7, 11) is 0. The van der Waals surface area contributed by atoms with Crippen LogP contribution in [0.1, 0.15) is 23.3 Å². The summed E-state index contributed by atoms with van der Waals surface area (Å²) in [6, 6.07) is 16.5. The molecule has 0 unspecified atom stereocenters.